The average Bonchev–Trinajstić information content (AvgIpc) is 3.38. The van der Waals surface area contributed by atoms with Crippen molar-refractivity contribution in [3.63, 3.8) is 0 Å². The smallest absolute Gasteiger partial charge is 0.490 e. The van der Waals surface area contributed by atoms with Gasteiger partial charge in [-0.3, -0.25) is 10.2 Å². The number of hydrogen-bond acceptors (Lipinski definition) is 8. The third-order valence-corrected chi connectivity index (χ3v) is 6.32. The number of rotatable bonds is 3. The summed E-state index contributed by atoms with van der Waals surface area (Å²) >= 11 is 2.65. The van der Waals surface area contributed by atoms with Crippen molar-refractivity contribution in [2.75, 3.05) is 23.4 Å². The molecule has 31 heavy (non-hydrogen) atoms. The summed E-state index contributed by atoms with van der Waals surface area (Å²) in [7, 11) is 0. The Kier molecular flexibility index (Phi) is 4.88. The lowest BCUT2D eigenvalue weighted by atomic mass is 10.1. The van der Waals surface area contributed by atoms with Crippen LogP contribution in [0.15, 0.2) is 47.8 Å². The summed E-state index contributed by atoms with van der Waals surface area (Å²) in [5.74, 6) is 0.583. The lowest BCUT2D eigenvalue weighted by Crippen LogP contribution is -2.40. The molecule has 5 rings (SSSR count). The van der Waals surface area contributed by atoms with Gasteiger partial charge in [0.15, 0.2) is 5.13 Å². The maximum Gasteiger partial charge on any atom is 0.512 e. The Morgan fingerprint density at radius 3 is 2.90 bits per heavy atom. The second-order valence-electron chi connectivity index (χ2n) is 6.46. The first-order valence-electron chi connectivity index (χ1n) is 9.14. The molecule has 0 radical (unpaired) electrons. The molecule has 9 nitrogen and oxygen atoms in total. The van der Waals surface area contributed by atoms with Crippen molar-refractivity contribution in [3.05, 3.63) is 47.8 Å². The summed E-state index contributed by atoms with van der Waals surface area (Å²) in [5.41, 5.74) is 2.14. The van der Waals surface area contributed by atoms with Crippen LogP contribution in [0.5, 0.6) is 11.6 Å². The largest absolute Gasteiger partial charge is 0.512 e. The van der Waals surface area contributed by atoms with E-state index in [0.29, 0.717) is 40.3 Å². The number of ether oxygens (including phenoxy) is 2. The summed E-state index contributed by atoms with van der Waals surface area (Å²) in [6.45, 7) is 0.742. The minimum absolute atomic E-state index is 0.00639. The van der Waals surface area contributed by atoms with Crippen molar-refractivity contribution in [1.82, 2.24) is 9.97 Å². The van der Waals surface area contributed by atoms with E-state index in [1.165, 1.54) is 28.1 Å². The van der Waals surface area contributed by atoms with Crippen LogP contribution < -0.4 is 19.7 Å². The number of fused-ring (bicyclic) bond motifs is 2. The van der Waals surface area contributed by atoms with Crippen LogP contribution >= 0.6 is 22.7 Å². The molecule has 1 aliphatic heterocycles. The van der Waals surface area contributed by atoms with E-state index >= 15 is 0 Å². The first-order chi connectivity index (χ1) is 15.1. The zero-order chi connectivity index (χ0) is 21.4. The summed E-state index contributed by atoms with van der Waals surface area (Å²) in [6, 6.07) is 12.7. The van der Waals surface area contributed by atoms with E-state index in [0.717, 1.165) is 10.2 Å². The fourth-order valence-electron chi connectivity index (χ4n) is 3.17. The second-order valence-corrected chi connectivity index (χ2v) is 8.35. The molecule has 3 heterocycles. The first kappa shape index (κ1) is 19.3. The van der Waals surface area contributed by atoms with E-state index in [-0.39, 0.29) is 11.9 Å². The lowest BCUT2D eigenvalue weighted by molar-refractivity contribution is 0.143. The predicted octanol–water partition coefficient (Wildman–Crippen LogP) is 4.91. The highest BCUT2D eigenvalue weighted by atomic mass is 32.1. The van der Waals surface area contributed by atoms with Gasteiger partial charge < -0.3 is 14.6 Å². The van der Waals surface area contributed by atoms with Gasteiger partial charge in [0.2, 0.25) is 5.88 Å². The van der Waals surface area contributed by atoms with E-state index in [1.807, 2.05) is 24.3 Å². The molecule has 0 fully saturated rings. The fraction of sp³-hybridized carbons (Fsp3) is 0.100. The van der Waals surface area contributed by atoms with Crippen molar-refractivity contribution >= 4 is 55.9 Å². The standard InChI is InChI=1S/C20H14N4O5S2/c25-19(23-18-21-12-3-1-2-4-15(12)31-18)24-7-8-28-14-6-5-11(9-13(14)24)17-22-16(10-30-17)29-20(26)27/h1-6,9-10H,7-8H2,(H,26,27)(H,21,23,25). The number of hydrogen-bond donors (Lipinski definition) is 2. The zero-order valence-electron chi connectivity index (χ0n) is 15.8. The molecule has 0 atom stereocenters. The number of nitrogens with one attached hydrogen (secondary N) is 1. The number of urea groups is 1. The highest BCUT2D eigenvalue weighted by Crippen LogP contribution is 2.38. The van der Waals surface area contributed by atoms with Gasteiger partial charge in [-0.15, -0.1) is 11.3 Å². The topological polar surface area (TPSA) is 114 Å². The maximum atomic E-state index is 13.0. The fourth-order valence-corrected chi connectivity index (χ4v) is 4.75. The molecule has 156 valence electrons. The molecule has 2 N–H and O–H groups in total. The van der Waals surface area contributed by atoms with E-state index in [2.05, 4.69) is 20.0 Å². The van der Waals surface area contributed by atoms with E-state index in [1.54, 1.807) is 23.1 Å². The van der Waals surface area contributed by atoms with Crippen molar-refractivity contribution in [2.24, 2.45) is 0 Å². The van der Waals surface area contributed by atoms with E-state index in [4.69, 9.17) is 9.84 Å². The van der Waals surface area contributed by atoms with Crippen LogP contribution in [-0.2, 0) is 0 Å². The molecule has 0 bridgehead atoms. The van der Waals surface area contributed by atoms with Gasteiger partial charge in [0.1, 0.15) is 17.4 Å². The van der Waals surface area contributed by atoms with Gasteiger partial charge in [0, 0.05) is 5.56 Å². The Hall–Kier alpha value is -3.70. The van der Waals surface area contributed by atoms with Crippen LogP contribution in [0.4, 0.5) is 20.4 Å². The Morgan fingerprint density at radius 1 is 1.19 bits per heavy atom. The molecular weight excluding hydrogens is 440 g/mol. The van der Waals surface area contributed by atoms with Crippen molar-refractivity contribution < 1.29 is 24.2 Å². The Morgan fingerprint density at radius 2 is 2.06 bits per heavy atom. The quantitative estimate of drug-likeness (QED) is 0.423. The van der Waals surface area contributed by atoms with Gasteiger partial charge in [0.05, 0.1) is 27.8 Å². The number of amides is 2. The molecule has 2 aromatic heterocycles. The third kappa shape index (κ3) is 3.88. The molecule has 0 saturated carbocycles. The number of carbonyl (C=O) groups excluding carboxylic acids is 1. The molecule has 0 aliphatic carbocycles. The third-order valence-electron chi connectivity index (χ3n) is 4.50. The number of benzene rings is 2. The SMILES string of the molecule is O=C(O)Oc1csc(-c2ccc3c(c2)N(C(=O)Nc2nc4ccccc4s2)CCO3)n1. The van der Waals surface area contributed by atoms with Crippen LogP contribution in [0, 0.1) is 0 Å². The molecule has 2 amide bonds. The molecule has 0 spiro atoms. The zero-order valence-corrected chi connectivity index (χ0v) is 17.4. The van der Waals surface area contributed by atoms with Crippen molar-refractivity contribution in [1.29, 1.82) is 0 Å². The first-order valence-corrected chi connectivity index (χ1v) is 10.8. The molecule has 11 heteroatoms. The molecular formula is C20H14N4O5S2. The number of aromatic nitrogens is 2. The van der Waals surface area contributed by atoms with Gasteiger partial charge >= 0.3 is 12.2 Å². The van der Waals surface area contributed by atoms with Gasteiger partial charge in [-0.25, -0.2) is 19.6 Å². The van der Waals surface area contributed by atoms with Crippen LogP contribution in [-0.4, -0.2) is 40.4 Å². The predicted molar refractivity (Wildman–Crippen MR) is 118 cm³/mol. The lowest BCUT2D eigenvalue weighted by Gasteiger charge is -2.29. The van der Waals surface area contributed by atoms with Gasteiger partial charge in [0.25, 0.3) is 0 Å². The Bertz CT molecular complexity index is 1270. The summed E-state index contributed by atoms with van der Waals surface area (Å²) < 4.78 is 11.3. The second kappa shape index (κ2) is 7.85. The normalized spacial score (nSPS) is 12.8. The Balaban J connectivity index is 1.41. The molecule has 4 aromatic rings. The molecule has 2 aromatic carbocycles. The summed E-state index contributed by atoms with van der Waals surface area (Å²) in [6.07, 6.45) is -1.42. The average molecular weight is 454 g/mol. The molecule has 1 aliphatic rings. The number of carbonyl (C=O) groups is 2. The van der Waals surface area contributed by atoms with Gasteiger partial charge in [-0.05, 0) is 30.3 Å². The number of carboxylic acid groups (broad SMARTS) is 1. The van der Waals surface area contributed by atoms with Crippen LogP contribution in [0.2, 0.25) is 0 Å². The number of thiazole rings is 2. The highest BCUT2D eigenvalue weighted by Gasteiger charge is 2.25. The maximum absolute atomic E-state index is 13.0. The molecule has 0 unspecified atom stereocenters. The van der Waals surface area contributed by atoms with Gasteiger partial charge in [-0.1, -0.05) is 23.5 Å². The Labute approximate surface area is 183 Å². The number of nitrogens with zero attached hydrogens (tertiary/aromatic N) is 3. The highest BCUT2D eigenvalue weighted by molar-refractivity contribution is 7.22. The van der Waals surface area contributed by atoms with Crippen molar-refractivity contribution in [2.45, 2.75) is 0 Å². The van der Waals surface area contributed by atoms with Crippen molar-refractivity contribution in [3.8, 4) is 22.2 Å². The molecule has 0 saturated heterocycles. The summed E-state index contributed by atoms with van der Waals surface area (Å²) in [4.78, 5) is 33.9. The minimum atomic E-state index is -1.42. The minimum Gasteiger partial charge on any atom is -0.490 e. The van der Waals surface area contributed by atoms with Crippen LogP contribution in [0.25, 0.3) is 20.8 Å². The van der Waals surface area contributed by atoms with Crippen LogP contribution in [0.3, 0.4) is 0 Å². The monoisotopic (exact) mass is 454 g/mol. The summed E-state index contributed by atoms with van der Waals surface area (Å²) in [5, 5.41) is 14.2. The van der Waals surface area contributed by atoms with Gasteiger partial charge in [-0.2, -0.15) is 0 Å². The van der Waals surface area contributed by atoms with Crippen LogP contribution in [0.1, 0.15) is 0 Å². The number of para-hydroxylation sites is 1. The number of anilines is 2. The van der Waals surface area contributed by atoms with E-state index < -0.39 is 6.16 Å². The van der Waals surface area contributed by atoms with E-state index in [9.17, 15) is 9.59 Å².